The number of nitrogens with one attached hydrogen (secondary N) is 1. The molecule has 3 heterocycles. The number of aromatic nitrogens is 1. The molecule has 0 radical (unpaired) electrons. The molecule has 0 aliphatic carbocycles. The lowest BCUT2D eigenvalue weighted by molar-refractivity contribution is 0.808. The molecule has 4 heteroatoms. The molecule has 0 saturated carbocycles. The molecule has 2 aliphatic heterocycles. The van der Waals surface area contributed by atoms with E-state index in [1.165, 1.54) is 36.5 Å². The topological polar surface area (TPSA) is 28.2 Å². The summed E-state index contributed by atoms with van der Waals surface area (Å²) in [6.07, 6.45) is 5.78. The zero-order chi connectivity index (χ0) is 11.5. The van der Waals surface area contributed by atoms with E-state index in [0.717, 1.165) is 18.9 Å². The van der Waals surface area contributed by atoms with Crippen LogP contribution >= 0.6 is 11.8 Å². The van der Waals surface area contributed by atoms with E-state index in [1.807, 2.05) is 24.0 Å². The van der Waals surface area contributed by atoms with E-state index >= 15 is 0 Å². The third-order valence-electron chi connectivity index (χ3n) is 3.48. The first-order valence-corrected chi connectivity index (χ1v) is 7.63. The third kappa shape index (κ3) is 2.51. The van der Waals surface area contributed by atoms with E-state index in [1.54, 1.807) is 0 Å². The van der Waals surface area contributed by atoms with Crippen LogP contribution in [0.4, 0.5) is 11.5 Å². The standard InChI is InChI=1S/C13H19N3S/c1-2-8-16(7-1)13-12(4-3-6-14-13)15-11-5-9-17-10-11/h3-4,6,11,15H,1-2,5,7-10H2. The van der Waals surface area contributed by atoms with Crippen LogP contribution in [0.5, 0.6) is 0 Å². The summed E-state index contributed by atoms with van der Waals surface area (Å²) in [5.41, 5.74) is 1.22. The normalized spacial score (nSPS) is 24.2. The van der Waals surface area contributed by atoms with Gasteiger partial charge in [-0.05, 0) is 37.1 Å². The van der Waals surface area contributed by atoms with Gasteiger partial charge < -0.3 is 10.2 Å². The Bertz CT molecular complexity index is 371. The van der Waals surface area contributed by atoms with Crippen molar-refractivity contribution in [2.75, 3.05) is 34.8 Å². The minimum absolute atomic E-state index is 0.630. The lowest BCUT2D eigenvalue weighted by Crippen LogP contribution is -2.24. The summed E-state index contributed by atoms with van der Waals surface area (Å²) < 4.78 is 0. The Morgan fingerprint density at radius 1 is 1.35 bits per heavy atom. The van der Waals surface area contributed by atoms with Crippen molar-refractivity contribution in [3.8, 4) is 0 Å². The number of hydrogen-bond acceptors (Lipinski definition) is 4. The van der Waals surface area contributed by atoms with Gasteiger partial charge in [0.25, 0.3) is 0 Å². The van der Waals surface area contributed by atoms with Crippen LogP contribution in [0.1, 0.15) is 19.3 Å². The molecule has 92 valence electrons. The maximum Gasteiger partial charge on any atom is 0.151 e. The van der Waals surface area contributed by atoms with Crippen LogP contribution in [0.15, 0.2) is 18.3 Å². The summed E-state index contributed by atoms with van der Waals surface area (Å²) in [5.74, 6) is 3.67. The smallest absolute Gasteiger partial charge is 0.151 e. The van der Waals surface area contributed by atoms with E-state index in [2.05, 4.69) is 21.3 Å². The summed E-state index contributed by atoms with van der Waals surface area (Å²) in [6.45, 7) is 2.32. The van der Waals surface area contributed by atoms with E-state index in [9.17, 15) is 0 Å². The number of rotatable bonds is 3. The van der Waals surface area contributed by atoms with Crippen molar-refractivity contribution in [1.29, 1.82) is 0 Å². The average Bonchev–Trinajstić information content (AvgIpc) is 3.01. The summed E-state index contributed by atoms with van der Waals surface area (Å²) in [7, 11) is 0. The second-order valence-corrected chi connectivity index (χ2v) is 5.92. The van der Waals surface area contributed by atoms with Gasteiger partial charge in [0.2, 0.25) is 0 Å². The van der Waals surface area contributed by atoms with Gasteiger partial charge >= 0.3 is 0 Å². The molecule has 2 aliphatic rings. The molecule has 2 saturated heterocycles. The maximum atomic E-state index is 4.56. The summed E-state index contributed by atoms with van der Waals surface area (Å²) in [4.78, 5) is 6.97. The van der Waals surface area contributed by atoms with Gasteiger partial charge in [-0.15, -0.1) is 0 Å². The molecular formula is C13H19N3S. The molecule has 17 heavy (non-hydrogen) atoms. The lowest BCUT2D eigenvalue weighted by atomic mass is 10.2. The molecule has 1 atom stereocenters. The van der Waals surface area contributed by atoms with Crippen LogP contribution < -0.4 is 10.2 Å². The monoisotopic (exact) mass is 249 g/mol. The highest BCUT2D eigenvalue weighted by Crippen LogP contribution is 2.29. The van der Waals surface area contributed by atoms with E-state index < -0.39 is 0 Å². The summed E-state index contributed by atoms with van der Waals surface area (Å²) in [6, 6.07) is 4.83. The molecule has 0 amide bonds. The highest BCUT2D eigenvalue weighted by molar-refractivity contribution is 7.99. The molecule has 2 fully saturated rings. The van der Waals surface area contributed by atoms with Gasteiger partial charge in [0.05, 0.1) is 5.69 Å². The molecule has 1 N–H and O–H groups in total. The van der Waals surface area contributed by atoms with Crippen molar-refractivity contribution >= 4 is 23.3 Å². The fourth-order valence-corrected chi connectivity index (χ4v) is 3.71. The van der Waals surface area contributed by atoms with Crippen molar-refractivity contribution in [2.45, 2.75) is 25.3 Å². The van der Waals surface area contributed by atoms with Crippen LogP contribution in [-0.2, 0) is 0 Å². The van der Waals surface area contributed by atoms with Crippen LogP contribution in [-0.4, -0.2) is 35.6 Å². The Kier molecular flexibility index (Phi) is 3.41. The molecule has 0 bridgehead atoms. The Morgan fingerprint density at radius 2 is 2.24 bits per heavy atom. The van der Waals surface area contributed by atoms with E-state index in [-0.39, 0.29) is 0 Å². The Balaban J connectivity index is 1.77. The second-order valence-electron chi connectivity index (χ2n) is 4.77. The first-order chi connectivity index (χ1) is 8.43. The highest BCUT2D eigenvalue weighted by Gasteiger charge is 2.20. The van der Waals surface area contributed by atoms with Crippen molar-refractivity contribution in [3.05, 3.63) is 18.3 Å². The fraction of sp³-hybridized carbons (Fsp3) is 0.615. The lowest BCUT2D eigenvalue weighted by Gasteiger charge is -2.22. The number of pyridine rings is 1. The van der Waals surface area contributed by atoms with Crippen LogP contribution in [0.2, 0.25) is 0 Å². The predicted molar refractivity (Wildman–Crippen MR) is 75.0 cm³/mol. The molecular weight excluding hydrogens is 230 g/mol. The number of anilines is 2. The second kappa shape index (κ2) is 5.17. The molecule has 0 spiro atoms. The number of nitrogens with zero attached hydrogens (tertiary/aromatic N) is 2. The SMILES string of the molecule is c1cnc(N2CCCC2)c(NC2CCSC2)c1. The largest absolute Gasteiger partial charge is 0.378 e. The molecule has 1 unspecified atom stereocenters. The minimum atomic E-state index is 0.630. The number of thioether (sulfide) groups is 1. The molecule has 0 aromatic carbocycles. The van der Waals surface area contributed by atoms with Crippen molar-refractivity contribution in [1.82, 2.24) is 4.98 Å². The zero-order valence-electron chi connectivity index (χ0n) is 10.1. The van der Waals surface area contributed by atoms with Crippen LogP contribution in [0.3, 0.4) is 0 Å². The molecule has 3 rings (SSSR count). The van der Waals surface area contributed by atoms with Gasteiger partial charge in [-0.3, -0.25) is 0 Å². The van der Waals surface area contributed by atoms with Crippen molar-refractivity contribution in [2.24, 2.45) is 0 Å². The highest BCUT2D eigenvalue weighted by atomic mass is 32.2. The van der Waals surface area contributed by atoms with Gasteiger partial charge in [-0.25, -0.2) is 4.98 Å². The Morgan fingerprint density at radius 3 is 3.00 bits per heavy atom. The quantitative estimate of drug-likeness (QED) is 0.891. The molecule has 3 nitrogen and oxygen atoms in total. The minimum Gasteiger partial charge on any atom is -0.378 e. The summed E-state index contributed by atoms with van der Waals surface area (Å²) in [5, 5.41) is 3.66. The van der Waals surface area contributed by atoms with Crippen molar-refractivity contribution < 1.29 is 0 Å². The van der Waals surface area contributed by atoms with Gasteiger partial charge in [-0.1, -0.05) is 0 Å². The molecule has 1 aromatic heterocycles. The van der Waals surface area contributed by atoms with Crippen LogP contribution in [0, 0.1) is 0 Å². The third-order valence-corrected chi connectivity index (χ3v) is 4.64. The number of hydrogen-bond donors (Lipinski definition) is 1. The van der Waals surface area contributed by atoms with Crippen molar-refractivity contribution in [3.63, 3.8) is 0 Å². The summed E-state index contributed by atoms with van der Waals surface area (Å²) >= 11 is 2.04. The average molecular weight is 249 g/mol. The van der Waals surface area contributed by atoms with Gasteiger partial charge in [-0.2, -0.15) is 11.8 Å². The zero-order valence-corrected chi connectivity index (χ0v) is 10.9. The first-order valence-electron chi connectivity index (χ1n) is 6.48. The maximum absolute atomic E-state index is 4.56. The van der Waals surface area contributed by atoms with Crippen LogP contribution in [0.25, 0.3) is 0 Å². The fourth-order valence-electron chi connectivity index (χ4n) is 2.56. The Hall–Kier alpha value is -0.900. The van der Waals surface area contributed by atoms with Gasteiger partial charge in [0.15, 0.2) is 5.82 Å². The molecule has 1 aromatic rings. The predicted octanol–water partition coefficient (Wildman–Crippen LogP) is 2.60. The first kappa shape index (κ1) is 11.2. The van der Waals surface area contributed by atoms with Gasteiger partial charge in [0, 0.05) is 31.1 Å². The van der Waals surface area contributed by atoms with E-state index in [0.29, 0.717) is 6.04 Å². The Labute approximate surface area is 107 Å². The van der Waals surface area contributed by atoms with Gasteiger partial charge in [0.1, 0.15) is 0 Å². The van der Waals surface area contributed by atoms with E-state index in [4.69, 9.17) is 0 Å².